The lowest BCUT2D eigenvalue weighted by Gasteiger charge is -2.27. The van der Waals surface area contributed by atoms with Crippen molar-refractivity contribution in [3.8, 4) is 0 Å². The van der Waals surface area contributed by atoms with E-state index in [1.165, 1.54) is 11.9 Å². The van der Waals surface area contributed by atoms with Crippen LogP contribution < -0.4 is 0 Å². The molecule has 0 bridgehead atoms. The monoisotopic (exact) mass is 426 g/mol. The number of aliphatic imine (C=N–C) groups is 1. The van der Waals surface area contributed by atoms with E-state index in [2.05, 4.69) is 40.8 Å². The molecule has 0 aromatic carbocycles. The molecule has 1 aliphatic rings. The summed E-state index contributed by atoms with van der Waals surface area (Å²) in [5.41, 5.74) is -1.70. The van der Waals surface area contributed by atoms with Crippen LogP contribution in [-0.4, -0.2) is 77.4 Å². The van der Waals surface area contributed by atoms with Crippen LogP contribution in [0.25, 0.3) is 0 Å². The summed E-state index contributed by atoms with van der Waals surface area (Å²) >= 11 is 3.78. The molecule has 0 aromatic rings. The third-order valence-electron chi connectivity index (χ3n) is 3.94. The fourth-order valence-electron chi connectivity index (χ4n) is 2.49. The number of likely N-dealkylation sites (N-methyl/N-ethyl adjacent to an activating group) is 1. The van der Waals surface area contributed by atoms with Crippen LogP contribution in [0.3, 0.4) is 0 Å². The van der Waals surface area contributed by atoms with E-state index >= 15 is 0 Å². The van der Waals surface area contributed by atoms with Gasteiger partial charge in [-0.3, -0.25) is 10.0 Å². The topological polar surface area (TPSA) is 90.1 Å². The predicted molar refractivity (Wildman–Crippen MR) is 101 cm³/mol. The van der Waals surface area contributed by atoms with Gasteiger partial charge in [-0.05, 0) is 19.7 Å². The number of rotatable bonds is 9. The zero-order valence-corrected chi connectivity index (χ0v) is 16.8. The van der Waals surface area contributed by atoms with Gasteiger partial charge >= 0.3 is 12.1 Å². The summed E-state index contributed by atoms with van der Waals surface area (Å²) in [6, 6.07) is 0. The first kappa shape index (κ1) is 24.3. The Morgan fingerprint density at radius 3 is 2.54 bits per heavy atom. The average molecular weight is 426 g/mol. The molecule has 1 unspecified atom stereocenters. The summed E-state index contributed by atoms with van der Waals surface area (Å²) in [4.78, 5) is 4.62. The SMILES string of the molecule is C=N/C(=C(/CN1CC(CCC)OC1=C)N(C)/N=C(\S)C(O)(O)OC)C(F)(F)F. The first-order valence-electron chi connectivity index (χ1n) is 8.26. The van der Waals surface area contributed by atoms with Crippen molar-refractivity contribution in [3.05, 3.63) is 23.9 Å². The van der Waals surface area contributed by atoms with Gasteiger partial charge in [0.05, 0.1) is 18.8 Å². The lowest BCUT2D eigenvalue weighted by molar-refractivity contribution is -0.271. The summed E-state index contributed by atoms with van der Waals surface area (Å²) in [6.07, 6.45) is -3.44. The molecule has 1 saturated heterocycles. The van der Waals surface area contributed by atoms with Gasteiger partial charge in [-0.25, -0.2) is 0 Å². The maximum Gasteiger partial charge on any atom is 0.435 e. The second kappa shape index (κ2) is 9.63. The smallest absolute Gasteiger partial charge is 0.435 e. The summed E-state index contributed by atoms with van der Waals surface area (Å²) in [6.45, 7) is 8.72. The third-order valence-corrected chi connectivity index (χ3v) is 4.32. The van der Waals surface area contributed by atoms with Crippen LogP contribution in [0, 0.1) is 0 Å². The molecule has 160 valence electrons. The normalized spacial score (nSPS) is 19.5. The standard InChI is InChI=1S/C16H25F3N4O4S/c1-6-7-11-8-23(10(2)27-11)9-12(13(20-3)15(17,18)19)22(4)21-14(28)16(24,25)26-5/h11,24-25H,2-3,6-9H2,1,4-5H3,(H,21,28)/b13-12-. The number of hydrogen-bond acceptors (Lipinski definition) is 8. The number of ether oxygens (including phenoxy) is 2. The first-order chi connectivity index (χ1) is 12.9. The van der Waals surface area contributed by atoms with Gasteiger partial charge in [-0.2, -0.15) is 18.3 Å². The predicted octanol–water partition coefficient (Wildman–Crippen LogP) is 1.89. The Kier molecular flexibility index (Phi) is 8.35. The number of alkyl halides is 3. The summed E-state index contributed by atoms with van der Waals surface area (Å²) in [7, 11) is 2.14. The Balaban J connectivity index is 3.29. The molecule has 0 aliphatic carbocycles. The number of methoxy groups -OCH3 is 1. The van der Waals surface area contributed by atoms with Crippen LogP contribution >= 0.6 is 12.6 Å². The van der Waals surface area contributed by atoms with Crippen molar-refractivity contribution in [1.29, 1.82) is 0 Å². The summed E-state index contributed by atoms with van der Waals surface area (Å²) < 4.78 is 50.3. The quantitative estimate of drug-likeness (QED) is 0.172. The van der Waals surface area contributed by atoms with Gasteiger partial charge in [0.15, 0.2) is 16.6 Å². The van der Waals surface area contributed by atoms with E-state index in [-0.39, 0.29) is 18.5 Å². The van der Waals surface area contributed by atoms with E-state index in [1.54, 1.807) is 0 Å². The number of halogens is 3. The summed E-state index contributed by atoms with van der Waals surface area (Å²) in [5, 5.41) is 22.9. The number of hydrazone groups is 1. The van der Waals surface area contributed by atoms with Crippen molar-refractivity contribution in [2.24, 2.45) is 10.1 Å². The number of hydrogen-bond donors (Lipinski definition) is 3. The fraction of sp³-hybridized carbons (Fsp3) is 0.625. The highest BCUT2D eigenvalue weighted by Crippen LogP contribution is 2.32. The van der Waals surface area contributed by atoms with Crippen LogP contribution in [0.1, 0.15) is 19.8 Å². The average Bonchev–Trinajstić information content (AvgIpc) is 2.92. The molecular weight excluding hydrogens is 401 g/mol. The first-order valence-corrected chi connectivity index (χ1v) is 8.71. The highest BCUT2D eigenvalue weighted by atomic mass is 32.1. The molecule has 0 radical (unpaired) electrons. The molecule has 1 atom stereocenters. The fourth-order valence-corrected chi connectivity index (χ4v) is 2.72. The molecule has 0 spiro atoms. The van der Waals surface area contributed by atoms with E-state index < -0.39 is 28.6 Å². The molecular formula is C16H25F3N4O4S. The Labute approximate surface area is 167 Å². The third kappa shape index (κ3) is 6.12. The van der Waals surface area contributed by atoms with E-state index in [0.717, 1.165) is 25.0 Å². The van der Waals surface area contributed by atoms with Gasteiger partial charge in [0, 0.05) is 14.2 Å². The molecule has 2 N–H and O–H groups in total. The van der Waals surface area contributed by atoms with E-state index in [9.17, 15) is 23.4 Å². The van der Waals surface area contributed by atoms with E-state index in [4.69, 9.17) is 4.74 Å². The minimum absolute atomic E-state index is 0.185. The van der Waals surface area contributed by atoms with Crippen molar-refractivity contribution in [2.75, 3.05) is 27.2 Å². The highest BCUT2D eigenvalue weighted by molar-refractivity contribution is 7.97. The molecule has 8 nitrogen and oxygen atoms in total. The molecule has 1 heterocycles. The van der Waals surface area contributed by atoms with Crippen molar-refractivity contribution in [2.45, 2.75) is 38.0 Å². The Morgan fingerprint density at radius 2 is 2.07 bits per heavy atom. The van der Waals surface area contributed by atoms with Crippen LogP contribution in [0.5, 0.6) is 0 Å². The zero-order chi connectivity index (χ0) is 21.7. The Morgan fingerprint density at radius 1 is 1.46 bits per heavy atom. The minimum Gasteiger partial charge on any atom is -0.474 e. The lowest BCUT2D eigenvalue weighted by Crippen LogP contribution is -2.39. The highest BCUT2D eigenvalue weighted by Gasteiger charge is 2.39. The van der Waals surface area contributed by atoms with Crippen molar-refractivity contribution in [3.63, 3.8) is 0 Å². The van der Waals surface area contributed by atoms with Gasteiger partial charge in [0.25, 0.3) is 0 Å². The number of allylic oxidation sites excluding steroid dienone is 1. The minimum atomic E-state index is -4.82. The van der Waals surface area contributed by atoms with Gasteiger partial charge in [0.1, 0.15) is 6.10 Å². The lowest BCUT2D eigenvalue weighted by atomic mass is 10.2. The zero-order valence-electron chi connectivity index (χ0n) is 15.9. The molecule has 0 aromatic heterocycles. The number of thiol groups is 1. The van der Waals surface area contributed by atoms with Crippen molar-refractivity contribution >= 4 is 24.4 Å². The van der Waals surface area contributed by atoms with Gasteiger partial charge in [-0.1, -0.05) is 13.3 Å². The van der Waals surface area contributed by atoms with Crippen LogP contribution in [0.4, 0.5) is 13.2 Å². The van der Waals surface area contributed by atoms with Crippen molar-refractivity contribution in [1.82, 2.24) is 9.91 Å². The maximum absolute atomic E-state index is 13.5. The number of aliphatic hydroxyl groups is 2. The molecule has 1 fully saturated rings. The molecule has 0 saturated carbocycles. The van der Waals surface area contributed by atoms with Gasteiger partial charge < -0.3 is 24.6 Å². The van der Waals surface area contributed by atoms with Gasteiger partial charge in [-0.15, -0.1) is 12.6 Å². The van der Waals surface area contributed by atoms with E-state index in [0.29, 0.717) is 6.54 Å². The molecule has 0 amide bonds. The molecule has 1 aliphatic heterocycles. The van der Waals surface area contributed by atoms with Crippen LogP contribution in [-0.2, 0) is 9.47 Å². The second-order valence-electron chi connectivity index (χ2n) is 6.01. The second-order valence-corrected chi connectivity index (χ2v) is 6.44. The summed E-state index contributed by atoms with van der Waals surface area (Å²) in [5.74, 6) is -2.64. The molecule has 1 rings (SSSR count). The molecule has 12 heteroatoms. The maximum atomic E-state index is 13.5. The molecule has 28 heavy (non-hydrogen) atoms. The van der Waals surface area contributed by atoms with Crippen LogP contribution in [0.2, 0.25) is 0 Å². The largest absolute Gasteiger partial charge is 0.474 e. The van der Waals surface area contributed by atoms with Crippen molar-refractivity contribution < 1.29 is 32.9 Å². The van der Waals surface area contributed by atoms with E-state index in [1.807, 2.05) is 6.92 Å². The number of nitrogens with zero attached hydrogens (tertiary/aromatic N) is 4. The van der Waals surface area contributed by atoms with Gasteiger partial charge in [0.2, 0.25) is 0 Å². The Hall–Kier alpha value is -1.76. The van der Waals surface area contributed by atoms with Crippen LogP contribution in [0.15, 0.2) is 33.9 Å². The Bertz CT molecular complexity index is 652.